The molecule has 1 saturated heterocycles. The van der Waals surface area contributed by atoms with Gasteiger partial charge in [-0.3, -0.25) is 9.59 Å². The van der Waals surface area contributed by atoms with Crippen LogP contribution in [0, 0.1) is 3.57 Å². The molecule has 5 nitrogen and oxygen atoms in total. The van der Waals surface area contributed by atoms with Gasteiger partial charge in [-0.2, -0.15) is 0 Å². The minimum absolute atomic E-state index is 0.0744. The smallest absolute Gasteiger partial charge is 0.234 e. The maximum absolute atomic E-state index is 11.9. The average Bonchev–Trinajstić information content (AvgIpc) is 2.48. The first-order chi connectivity index (χ1) is 10.1. The molecule has 1 aliphatic rings. The van der Waals surface area contributed by atoms with Crippen LogP contribution in [0.5, 0.6) is 0 Å². The number of morpholine rings is 1. The molecule has 0 spiro atoms. The molecule has 0 saturated carbocycles. The molecule has 0 bridgehead atoms. The van der Waals surface area contributed by atoms with Crippen LogP contribution in [0.4, 0.5) is 5.69 Å². The highest BCUT2D eigenvalue weighted by Gasteiger charge is 2.16. The van der Waals surface area contributed by atoms with E-state index < -0.39 is 0 Å². The van der Waals surface area contributed by atoms with Crippen molar-refractivity contribution >= 4 is 51.9 Å². The summed E-state index contributed by atoms with van der Waals surface area (Å²) in [6, 6.07) is 7.62. The molecule has 21 heavy (non-hydrogen) atoms. The lowest BCUT2D eigenvalue weighted by molar-refractivity contribution is -0.132. The largest absolute Gasteiger partial charge is 0.378 e. The Morgan fingerprint density at radius 3 is 2.76 bits per heavy atom. The van der Waals surface area contributed by atoms with Gasteiger partial charge >= 0.3 is 0 Å². The Bertz CT molecular complexity index is 507. The topological polar surface area (TPSA) is 58.6 Å². The second-order valence-corrected chi connectivity index (χ2v) is 6.78. The van der Waals surface area contributed by atoms with E-state index in [-0.39, 0.29) is 17.6 Å². The van der Waals surface area contributed by atoms with Gasteiger partial charge in [0.1, 0.15) is 0 Å². The van der Waals surface area contributed by atoms with Gasteiger partial charge in [0.05, 0.1) is 24.7 Å². The van der Waals surface area contributed by atoms with Gasteiger partial charge in [0.2, 0.25) is 11.8 Å². The number of hydrogen-bond donors (Lipinski definition) is 1. The number of carbonyl (C=O) groups is 2. The van der Waals surface area contributed by atoms with Gasteiger partial charge in [0.15, 0.2) is 0 Å². The Morgan fingerprint density at radius 1 is 1.29 bits per heavy atom. The maximum Gasteiger partial charge on any atom is 0.234 e. The monoisotopic (exact) mass is 420 g/mol. The summed E-state index contributed by atoms with van der Waals surface area (Å²) < 4.78 is 6.27. The summed E-state index contributed by atoms with van der Waals surface area (Å²) in [5.41, 5.74) is 0.784. The van der Waals surface area contributed by atoms with Gasteiger partial charge in [0, 0.05) is 22.3 Å². The molecule has 1 aliphatic heterocycles. The van der Waals surface area contributed by atoms with Crippen LogP contribution in [0.15, 0.2) is 24.3 Å². The zero-order valence-electron chi connectivity index (χ0n) is 11.5. The number of benzene rings is 1. The lowest BCUT2D eigenvalue weighted by Crippen LogP contribution is -2.41. The van der Waals surface area contributed by atoms with E-state index >= 15 is 0 Å². The van der Waals surface area contributed by atoms with Crippen molar-refractivity contribution in [3.63, 3.8) is 0 Å². The molecule has 1 fully saturated rings. The van der Waals surface area contributed by atoms with E-state index in [0.29, 0.717) is 32.1 Å². The number of carbonyl (C=O) groups excluding carboxylic acids is 2. The summed E-state index contributed by atoms with van der Waals surface area (Å²) in [5, 5.41) is 2.83. The quantitative estimate of drug-likeness (QED) is 0.739. The fourth-order valence-corrected chi connectivity index (χ4v) is 3.16. The Hall–Kier alpha value is -0.800. The van der Waals surface area contributed by atoms with Crippen LogP contribution >= 0.6 is 34.4 Å². The Kier molecular flexibility index (Phi) is 6.78. The number of hydrogen-bond acceptors (Lipinski definition) is 4. The highest BCUT2D eigenvalue weighted by atomic mass is 127. The van der Waals surface area contributed by atoms with E-state index in [2.05, 4.69) is 27.9 Å². The van der Waals surface area contributed by atoms with Crippen LogP contribution in [-0.2, 0) is 14.3 Å². The highest BCUT2D eigenvalue weighted by Crippen LogP contribution is 2.13. The molecule has 2 rings (SSSR count). The first-order valence-electron chi connectivity index (χ1n) is 6.64. The normalized spacial score (nSPS) is 14.8. The van der Waals surface area contributed by atoms with Crippen molar-refractivity contribution in [2.24, 2.45) is 0 Å². The molecule has 2 amide bonds. The second kappa shape index (κ2) is 8.60. The number of thioether (sulfide) groups is 1. The first kappa shape index (κ1) is 16.6. The summed E-state index contributed by atoms with van der Waals surface area (Å²) >= 11 is 3.54. The summed E-state index contributed by atoms with van der Waals surface area (Å²) in [6.07, 6.45) is 0. The first-order valence-corrected chi connectivity index (χ1v) is 8.87. The van der Waals surface area contributed by atoms with E-state index in [0.717, 1.165) is 9.26 Å². The minimum atomic E-state index is -0.0863. The van der Waals surface area contributed by atoms with Crippen molar-refractivity contribution in [1.82, 2.24) is 4.90 Å². The SMILES string of the molecule is O=C(CSCC(=O)N1CCOCC1)Nc1cccc(I)c1. The third kappa shape index (κ3) is 5.84. The van der Waals surface area contributed by atoms with Crippen LogP contribution in [0.25, 0.3) is 0 Å². The summed E-state index contributed by atoms with van der Waals surface area (Å²) in [5.74, 6) is 0.600. The summed E-state index contributed by atoms with van der Waals surface area (Å²) in [6.45, 7) is 2.50. The molecule has 1 aromatic carbocycles. The predicted molar refractivity (Wildman–Crippen MR) is 92.5 cm³/mol. The number of rotatable bonds is 5. The number of amides is 2. The molecule has 0 atom stereocenters. The second-order valence-electron chi connectivity index (χ2n) is 4.54. The molecule has 0 unspecified atom stereocenters. The third-order valence-electron chi connectivity index (χ3n) is 2.93. The van der Waals surface area contributed by atoms with Crippen LogP contribution < -0.4 is 5.32 Å². The van der Waals surface area contributed by atoms with Gasteiger partial charge in [0.25, 0.3) is 0 Å². The molecular weight excluding hydrogens is 403 g/mol. The lowest BCUT2D eigenvalue weighted by Gasteiger charge is -2.26. The molecule has 1 N–H and O–H groups in total. The van der Waals surface area contributed by atoms with Gasteiger partial charge < -0.3 is 15.0 Å². The van der Waals surface area contributed by atoms with Crippen LogP contribution in [0.1, 0.15) is 0 Å². The van der Waals surface area contributed by atoms with E-state index in [1.165, 1.54) is 11.8 Å². The van der Waals surface area contributed by atoms with Crippen LogP contribution in [0.2, 0.25) is 0 Å². The van der Waals surface area contributed by atoms with Gasteiger partial charge in [-0.15, -0.1) is 11.8 Å². The van der Waals surface area contributed by atoms with E-state index in [9.17, 15) is 9.59 Å². The zero-order valence-corrected chi connectivity index (χ0v) is 14.5. The van der Waals surface area contributed by atoms with Crippen molar-refractivity contribution in [3.05, 3.63) is 27.8 Å². The van der Waals surface area contributed by atoms with Gasteiger partial charge in [-0.25, -0.2) is 0 Å². The minimum Gasteiger partial charge on any atom is -0.378 e. The van der Waals surface area contributed by atoms with Crippen LogP contribution in [-0.4, -0.2) is 54.5 Å². The summed E-state index contributed by atoms with van der Waals surface area (Å²) in [4.78, 5) is 25.5. The Labute approximate surface area is 141 Å². The lowest BCUT2D eigenvalue weighted by atomic mass is 10.3. The number of halogens is 1. The molecule has 1 aromatic rings. The molecular formula is C14H17IN2O3S. The van der Waals surface area contributed by atoms with Crippen molar-refractivity contribution in [1.29, 1.82) is 0 Å². The number of ether oxygens (including phenoxy) is 1. The Balaban J connectivity index is 1.68. The van der Waals surface area contributed by atoms with E-state index in [4.69, 9.17) is 4.74 Å². The molecule has 0 aromatic heterocycles. The van der Waals surface area contributed by atoms with E-state index in [1.807, 2.05) is 24.3 Å². The predicted octanol–water partition coefficient (Wildman–Crippen LogP) is 1.82. The maximum atomic E-state index is 11.9. The molecule has 0 aliphatic carbocycles. The highest BCUT2D eigenvalue weighted by molar-refractivity contribution is 14.1. The fraction of sp³-hybridized carbons (Fsp3) is 0.429. The number of nitrogens with zero attached hydrogens (tertiary/aromatic N) is 1. The zero-order chi connectivity index (χ0) is 15.1. The number of anilines is 1. The van der Waals surface area contributed by atoms with Gasteiger partial charge in [-0.05, 0) is 40.8 Å². The summed E-state index contributed by atoms with van der Waals surface area (Å²) in [7, 11) is 0. The Morgan fingerprint density at radius 2 is 2.05 bits per heavy atom. The van der Waals surface area contributed by atoms with Gasteiger partial charge in [-0.1, -0.05) is 6.07 Å². The molecule has 7 heteroatoms. The standard InChI is InChI=1S/C14H17IN2O3S/c15-11-2-1-3-12(8-11)16-13(18)9-21-10-14(19)17-4-6-20-7-5-17/h1-3,8H,4-7,9-10H2,(H,16,18). The van der Waals surface area contributed by atoms with Crippen molar-refractivity contribution < 1.29 is 14.3 Å². The van der Waals surface area contributed by atoms with Crippen molar-refractivity contribution in [3.8, 4) is 0 Å². The van der Waals surface area contributed by atoms with E-state index in [1.54, 1.807) is 4.90 Å². The molecule has 0 radical (unpaired) electrons. The molecule has 1 heterocycles. The third-order valence-corrected chi connectivity index (χ3v) is 4.52. The van der Waals surface area contributed by atoms with Crippen LogP contribution in [0.3, 0.4) is 0 Å². The van der Waals surface area contributed by atoms with Crippen molar-refractivity contribution in [2.75, 3.05) is 43.1 Å². The fourth-order valence-electron chi connectivity index (χ4n) is 1.90. The van der Waals surface area contributed by atoms with Crippen molar-refractivity contribution in [2.45, 2.75) is 0 Å². The molecule has 114 valence electrons. The average molecular weight is 420 g/mol. The number of nitrogens with one attached hydrogen (secondary N) is 1.